The zero-order valence-electron chi connectivity index (χ0n) is 15.8. The van der Waals surface area contributed by atoms with Crippen molar-refractivity contribution in [1.29, 1.82) is 0 Å². The number of nitrogens with one attached hydrogen (secondary N) is 2. The summed E-state index contributed by atoms with van der Waals surface area (Å²) in [6.45, 7) is 8.40. The Bertz CT molecular complexity index is 531. The van der Waals surface area contributed by atoms with Gasteiger partial charge in [0, 0.05) is 25.2 Å². The Balaban J connectivity index is 0.00000338. The van der Waals surface area contributed by atoms with E-state index in [9.17, 15) is 5.11 Å². The SMILES string of the molecule is CCNC(=NCC1(CCO)CCOC1)NCCOc1ccc(C)cc1.I. The van der Waals surface area contributed by atoms with E-state index < -0.39 is 0 Å². The minimum Gasteiger partial charge on any atom is -0.492 e. The lowest BCUT2D eigenvalue weighted by atomic mass is 9.84. The van der Waals surface area contributed by atoms with Crippen LogP contribution in [0.5, 0.6) is 5.75 Å². The van der Waals surface area contributed by atoms with Crippen LogP contribution >= 0.6 is 24.0 Å². The highest BCUT2D eigenvalue weighted by atomic mass is 127. The number of ether oxygens (including phenoxy) is 2. The first kappa shape index (κ1) is 23.0. The van der Waals surface area contributed by atoms with E-state index in [1.807, 2.05) is 31.2 Å². The first-order valence-corrected chi connectivity index (χ1v) is 9.08. The van der Waals surface area contributed by atoms with Crippen molar-refractivity contribution in [2.24, 2.45) is 10.4 Å². The molecule has 0 radical (unpaired) electrons. The molecule has 0 aromatic heterocycles. The van der Waals surface area contributed by atoms with Crippen molar-refractivity contribution in [3.05, 3.63) is 29.8 Å². The van der Waals surface area contributed by atoms with Gasteiger partial charge in [0.05, 0.1) is 19.7 Å². The van der Waals surface area contributed by atoms with Crippen LogP contribution in [0, 0.1) is 12.3 Å². The van der Waals surface area contributed by atoms with Crippen molar-refractivity contribution in [2.75, 3.05) is 46.1 Å². The summed E-state index contributed by atoms with van der Waals surface area (Å²) in [6.07, 6.45) is 1.68. The summed E-state index contributed by atoms with van der Waals surface area (Å²) >= 11 is 0. The van der Waals surface area contributed by atoms with Crippen LogP contribution in [0.15, 0.2) is 29.3 Å². The van der Waals surface area contributed by atoms with Gasteiger partial charge in [0.1, 0.15) is 12.4 Å². The normalized spacial score (nSPS) is 19.7. The number of hydrogen-bond acceptors (Lipinski definition) is 4. The van der Waals surface area contributed by atoms with Gasteiger partial charge in [0.15, 0.2) is 5.96 Å². The van der Waals surface area contributed by atoms with Gasteiger partial charge in [0.25, 0.3) is 0 Å². The van der Waals surface area contributed by atoms with Crippen LogP contribution < -0.4 is 15.4 Å². The standard InChI is InChI=1S/C19H31N3O3.HI/c1-3-20-18(22-14-19(8-11-23)9-12-24-15-19)21-10-13-25-17-6-4-16(2)5-7-17;/h4-7,23H,3,8-15H2,1-2H3,(H2,20,21,22);1H. The number of rotatable bonds is 9. The molecular weight excluding hydrogens is 445 g/mol. The fourth-order valence-electron chi connectivity index (χ4n) is 2.85. The van der Waals surface area contributed by atoms with E-state index in [1.165, 1.54) is 5.56 Å². The van der Waals surface area contributed by atoms with E-state index in [0.29, 0.717) is 26.3 Å². The third-order valence-electron chi connectivity index (χ3n) is 4.43. The second kappa shape index (κ2) is 12.3. The number of nitrogens with zero attached hydrogens (tertiary/aromatic N) is 1. The highest BCUT2D eigenvalue weighted by molar-refractivity contribution is 14.0. The molecule has 2 rings (SSSR count). The predicted octanol–water partition coefficient (Wildman–Crippen LogP) is 2.34. The Morgan fingerprint density at radius 1 is 1.31 bits per heavy atom. The lowest BCUT2D eigenvalue weighted by Gasteiger charge is -2.24. The summed E-state index contributed by atoms with van der Waals surface area (Å²) in [7, 11) is 0. The molecule has 0 amide bonds. The maximum Gasteiger partial charge on any atom is 0.191 e. The number of halogens is 1. The average molecular weight is 477 g/mol. The molecule has 1 heterocycles. The van der Waals surface area contributed by atoms with Gasteiger partial charge in [-0.05, 0) is 38.8 Å². The topological polar surface area (TPSA) is 75.1 Å². The fourth-order valence-corrected chi connectivity index (χ4v) is 2.85. The number of aliphatic hydroxyl groups is 1. The Morgan fingerprint density at radius 3 is 2.69 bits per heavy atom. The second-order valence-electron chi connectivity index (χ2n) is 6.56. The Kier molecular flexibility index (Phi) is 10.9. The van der Waals surface area contributed by atoms with E-state index >= 15 is 0 Å². The van der Waals surface area contributed by atoms with Gasteiger partial charge < -0.3 is 25.2 Å². The summed E-state index contributed by atoms with van der Waals surface area (Å²) in [5.41, 5.74) is 1.19. The Hall–Kier alpha value is -1.06. The van der Waals surface area contributed by atoms with Crippen LogP contribution in [-0.2, 0) is 4.74 Å². The second-order valence-corrected chi connectivity index (χ2v) is 6.56. The number of guanidine groups is 1. The van der Waals surface area contributed by atoms with Crippen molar-refractivity contribution < 1.29 is 14.6 Å². The van der Waals surface area contributed by atoms with Crippen LogP contribution in [0.1, 0.15) is 25.3 Å². The molecule has 0 bridgehead atoms. The zero-order valence-corrected chi connectivity index (χ0v) is 18.1. The number of hydrogen-bond donors (Lipinski definition) is 3. The van der Waals surface area contributed by atoms with Crippen molar-refractivity contribution in [1.82, 2.24) is 10.6 Å². The highest BCUT2D eigenvalue weighted by Gasteiger charge is 2.34. The van der Waals surface area contributed by atoms with E-state index in [2.05, 4.69) is 17.6 Å². The molecule has 0 spiro atoms. The Labute approximate surface area is 173 Å². The van der Waals surface area contributed by atoms with Crippen molar-refractivity contribution in [2.45, 2.75) is 26.7 Å². The van der Waals surface area contributed by atoms with Crippen LogP contribution in [0.4, 0.5) is 0 Å². The maximum absolute atomic E-state index is 9.31. The smallest absolute Gasteiger partial charge is 0.191 e. The van der Waals surface area contributed by atoms with Gasteiger partial charge in [-0.25, -0.2) is 0 Å². The molecule has 6 nitrogen and oxygen atoms in total. The van der Waals surface area contributed by atoms with Gasteiger partial charge in [-0.3, -0.25) is 4.99 Å². The molecular formula is C19H32IN3O3. The summed E-state index contributed by atoms with van der Waals surface area (Å²) in [5, 5.41) is 15.9. The molecule has 148 valence electrons. The number of aliphatic imine (C=N–C) groups is 1. The molecule has 7 heteroatoms. The largest absolute Gasteiger partial charge is 0.492 e. The molecule has 1 fully saturated rings. The molecule has 3 N–H and O–H groups in total. The summed E-state index contributed by atoms with van der Waals surface area (Å²) in [4.78, 5) is 4.69. The van der Waals surface area contributed by atoms with E-state index in [1.54, 1.807) is 0 Å². The number of aryl methyl sites for hydroxylation is 1. The van der Waals surface area contributed by atoms with Gasteiger partial charge in [0.2, 0.25) is 0 Å². The van der Waals surface area contributed by atoms with Gasteiger partial charge in [-0.2, -0.15) is 0 Å². The molecule has 26 heavy (non-hydrogen) atoms. The van der Waals surface area contributed by atoms with E-state index in [-0.39, 0.29) is 36.0 Å². The lowest BCUT2D eigenvalue weighted by molar-refractivity contribution is 0.131. The minimum absolute atomic E-state index is 0. The fraction of sp³-hybridized carbons (Fsp3) is 0.632. The zero-order chi connectivity index (χ0) is 18.0. The number of aliphatic hydroxyl groups excluding tert-OH is 1. The third kappa shape index (κ3) is 7.67. The molecule has 1 aliphatic heterocycles. The summed E-state index contributed by atoms with van der Waals surface area (Å²) in [5.74, 6) is 1.65. The maximum atomic E-state index is 9.31. The summed E-state index contributed by atoms with van der Waals surface area (Å²) < 4.78 is 11.2. The van der Waals surface area contributed by atoms with Gasteiger partial charge >= 0.3 is 0 Å². The van der Waals surface area contributed by atoms with Crippen LogP contribution in [-0.4, -0.2) is 57.1 Å². The predicted molar refractivity (Wildman–Crippen MR) is 116 cm³/mol. The van der Waals surface area contributed by atoms with E-state index in [0.717, 1.165) is 37.7 Å². The van der Waals surface area contributed by atoms with Crippen molar-refractivity contribution >= 4 is 29.9 Å². The van der Waals surface area contributed by atoms with Crippen LogP contribution in [0.25, 0.3) is 0 Å². The molecule has 0 aliphatic carbocycles. The molecule has 1 unspecified atom stereocenters. The van der Waals surface area contributed by atoms with Crippen molar-refractivity contribution in [3.8, 4) is 5.75 Å². The monoisotopic (exact) mass is 477 g/mol. The molecule has 1 saturated heterocycles. The average Bonchev–Trinajstić information content (AvgIpc) is 3.07. The molecule has 1 aliphatic rings. The minimum atomic E-state index is -0.0322. The summed E-state index contributed by atoms with van der Waals surface area (Å²) in [6, 6.07) is 8.04. The lowest BCUT2D eigenvalue weighted by Crippen LogP contribution is -2.40. The quantitative estimate of drug-likeness (QED) is 0.220. The molecule has 1 aromatic rings. The van der Waals surface area contributed by atoms with Gasteiger partial charge in [-0.1, -0.05) is 17.7 Å². The number of benzene rings is 1. The first-order chi connectivity index (χ1) is 12.2. The highest BCUT2D eigenvalue weighted by Crippen LogP contribution is 2.32. The first-order valence-electron chi connectivity index (χ1n) is 9.08. The Morgan fingerprint density at radius 2 is 2.08 bits per heavy atom. The van der Waals surface area contributed by atoms with Crippen LogP contribution in [0.2, 0.25) is 0 Å². The van der Waals surface area contributed by atoms with Crippen molar-refractivity contribution in [3.63, 3.8) is 0 Å². The molecule has 1 aromatic carbocycles. The third-order valence-corrected chi connectivity index (χ3v) is 4.43. The van der Waals surface area contributed by atoms with Crippen LogP contribution in [0.3, 0.4) is 0 Å². The van der Waals surface area contributed by atoms with E-state index in [4.69, 9.17) is 14.5 Å². The molecule has 1 atom stereocenters. The molecule has 0 saturated carbocycles. The van der Waals surface area contributed by atoms with Gasteiger partial charge in [-0.15, -0.1) is 24.0 Å².